The summed E-state index contributed by atoms with van der Waals surface area (Å²) in [4.78, 5) is 17.3. The molecule has 4 aromatic rings. The number of benzene rings is 3. The van der Waals surface area contributed by atoms with Crippen LogP contribution in [0.3, 0.4) is 0 Å². The molecule has 1 aromatic heterocycles. The maximum atomic E-state index is 12.6. The minimum absolute atomic E-state index is 0.214. The number of aromatic nitrogens is 1. The number of aryl methyl sites for hydroxylation is 1. The first-order valence-electron chi connectivity index (χ1n) is 9.80. The fourth-order valence-electron chi connectivity index (χ4n) is 3.27. The summed E-state index contributed by atoms with van der Waals surface area (Å²) < 4.78 is 26.7. The second kappa shape index (κ2) is 9.30. The van der Waals surface area contributed by atoms with Crippen molar-refractivity contribution in [3.8, 4) is 10.6 Å². The average molecular weight is 520 g/mol. The number of thiazole rings is 1. The lowest BCUT2D eigenvalue weighted by Gasteiger charge is -2.22. The Morgan fingerprint density at radius 1 is 1.03 bits per heavy atom. The number of carbonyl (C=O) groups is 1. The van der Waals surface area contributed by atoms with E-state index in [0.29, 0.717) is 5.69 Å². The minimum Gasteiger partial charge on any atom is -0.325 e. The van der Waals surface area contributed by atoms with Crippen LogP contribution in [-0.2, 0) is 14.8 Å². The quantitative estimate of drug-likeness (QED) is 0.339. The van der Waals surface area contributed by atoms with Crippen LogP contribution in [0.15, 0.2) is 60.7 Å². The Morgan fingerprint density at radius 3 is 2.33 bits per heavy atom. The van der Waals surface area contributed by atoms with Gasteiger partial charge in [-0.25, -0.2) is 13.4 Å². The molecule has 0 fully saturated rings. The summed E-state index contributed by atoms with van der Waals surface area (Å²) in [6, 6.07) is 17.7. The van der Waals surface area contributed by atoms with E-state index in [4.69, 9.17) is 23.2 Å². The molecule has 170 valence electrons. The van der Waals surface area contributed by atoms with Crippen molar-refractivity contribution in [3.05, 3.63) is 76.3 Å². The normalized spacial score (nSPS) is 11.5. The number of amides is 1. The molecule has 0 aliphatic heterocycles. The molecule has 0 bridgehead atoms. The van der Waals surface area contributed by atoms with Gasteiger partial charge in [-0.05, 0) is 67.1 Å². The highest BCUT2D eigenvalue weighted by molar-refractivity contribution is 7.92. The van der Waals surface area contributed by atoms with Crippen LogP contribution in [0.4, 0.5) is 11.4 Å². The van der Waals surface area contributed by atoms with Gasteiger partial charge in [0.05, 0.1) is 22.2 Å². The van der Waals surface area contributed by atoms with Crippen molar-refractivity contribution >= 4 is 72.1 Å². The first kappa shape index (κ1) is 23.5. The molecule has 0 atom stereocenters. The van der Waals surface area contributed by atoms with E-state index in [1.54, 1.807) is 23.5 Å². The van der Waals surface area contributed by atoms with Gasteiger partial charge in [0.1, 0.15) is 11.6 Å². The monoisotopic (exact) mass is 519 g/mol. The van der Waals surface area contributed by atoms with Gasteiger partial charge in [0.25, 0.3) is 0 Å². The predicted molar refractivity (Wildman–Crippen MR) is 137 cm³/mol. The highest BCUT2D eigenvalue weighted by Crippen LogP contribution is 2.31. The lowest BCUT2D eigenvalue weighted by molar-refractivity contribution is -0.114. The largest absolute Gasteiger partial charge is 0.325 e. The third-order valence-corrected chi connectivity index (χ3v) is 7.43. The lowest BCUT2D eigenvalue weighted by Crippen LogP contribution is -2.37. The predicted octanol–water partition coefficient (Wildman–Crippen LogP) is 5.98. The third-order valence-electron chi connectivity index (χ3n) is 4.78. The minimum atomic E-state index is -3.75. The van der Waals surface area contributed by atoms with E-state index in [1.165, 1.54) is 23.8 Å². The molecule has 0 unspecified atom stereocenters. The summed E-state index contributed by atoms with van der Waals surface area (Å²) in [6.07, 6.45) is 1.02. The second-order valence-corrected chi connectivity index (χ2v) is 11.3. The number of nitrogens with zero attached hydrogens (tertiary/aromatic N) is 2. The number of sulfonamides is 1. The van der Waals surface area contributed by atoms with Gasteiger partial charge in [0.2, 0.25) is 15.9 Å². The zero-order valence-corrected chi connectivity index (χ0v) is 20.8. The third kappa shape index (κ3) is 5.65. The fraction of sp³-hybridized carbons (Fsp3) is 0.130. The summed E-state index contributed by atoms with van der Waals surface area (Å²) in [6.45, 7) is 1.62. The maximum Gasteiger partial charge on any atom is 0.245 e. The zero-order chi connectivity index (χ0) is 23.8. The number of hydrogen-bond donors (Lipinski definition) is 1. The van der Waals surface area contributed by atoms with Crippen molar-refractivity contribution in [1.29, 1.82) is 0 Å². The van der Waals surface area contributed by atoms with E-state index in [2.05, 4.69) is 16.4 Å². The number of nitrogens with one attached hydrogen (secondary N) is 1. The van der Waals surface area contributed by atoms with Crippen LogP contribution < -0.4 is 9.62 Å². The molecule has 3 aromatic carbocycles. The first-order valence-corrected chi connectivity index (χ1v) is 13.2. The summed E-state index contributed by atoms with van der Waals surface area (Å²) in [5.41, 5.74) is 3.81. The maximum absolute atomic E-state index is 12.6. The van der Waals surface area contributed by atoms with Crippen LogP contribution >= 0.6 is 34.5 Å². The molecule has 0 saturated carbocycles. The second-order valence-electron chi connectivity index (χ2n) is 7.51. The van der Waals surface area contributed by atoms with E-state index >= 15 is 0 Å². The molecule has 0 spiro atoms. The molecular formula is C23H19Cl2N3O3S2. The van der Waals surface area contributed by atoms with Gasteiger partial charge in [-0.3, -0.25) is 9.10 Å². The summed E-state index contributed by atoms with van der Waals surface area (Å²) in [7, 11) is -3.75. The van der Waals surface area contributed by atoms with Crippen LogP contribution in [0, 0.1) is 6.92 Å². The molecule has 1 heterocycles. The first-order chi connectivity index (χ1) is 15.6. The van der Waals surface area contributed by atoms with Gasteiger partial charge >= 0.3 is 0 Å². The molecule has 1 amide bonds. The van der Waals surface area contributed by atoms with Gasteiger partial charge in [0, 0.05) is 21.3 Å². The van der Waals surface area contributed by atoms with E-state index in [0.717, 1.165) is 31.3 Å². The fourth-order valence-corrected chi connectivity index (χ4v) is 5.69. The van der Waals surface area contributed by atoms with E-state index in [9.17, 15) is 13.2 Å². The Kier molecular flexibility index (Phi) is 6.63. The smallest absolute Gasteiger partial charge is 0.245 e. The standard InChI is InChI=1S/C23H19Cl2N3O3S2/c1-14-3-8-20-21(9-14)32-23(27-20)15-4-6-18(7-5-15)26-22(29)13-28(33(2,30)31)19-11-16(24)10-17(25)12-19/h3-12H,13H2,1-2H3,(H,26,29). The SMILES string of the molecule is Cc1ccc2nc(-c3ccc(NC(=O)CN(c4cc(Cl)cc(Cl)c4)S(C)(=O)=O)cc3)sc2c1. The molecule has 0 radical (unpaired) electrons. The Labute approximate surface area is 205 Å². The Balaban J connectivity index is 1.50. The topological polar surface area (TPSA) is 79.4 Å². The molecule has 0 aliphatic carbocycles. The van der Waals surface area contributed by atoms with Crippen LogP contribution in [0.1, 0.15) is 5.56 Å². The van der Waals surface area contributed by atoms with Gasteiger partial charge in [-0.15, -0.1) is 11.3 Å². The van der Waals surface area contributed by atoms with Crippen molar-refractivity contribution in [2.45, 2.75) is 6.92 Å². The van der Waals surface area contributed by atoms with Crippen LogP contribution in [-0.4, -0.2) is 32.1 Å². The Hall–Kier alpha value is -2.65. The van der Waals surface area contributed by atoms with E-state index in [1.807, 2.05) is 31.2 Å². The van der Waals surface area contributed by atoms with Gasteiger partial charge in [-0.2, -0.15) is 0 Å². The average Bonchev–Trinajstić information content (AvgIpc) is 3.14. The Bertz CT molecular complexity index is 1430. The van der Waals surface area contributed by atoms with E-state index < -0.39 is 22.5 Å². The van der Waals surface area contributed by atoms with Crippen LogP contribution in [0.5, 0.6) is 0 Å². The highest BCUT2D eigenvalue weighted by Gasteiger charge is 2.22. The van der Waals surface area contributed by atoms with Gasteiger partial charge < -0.3 is 5.32 Å². The number of anilines is 2. The van der Waals surface area contributed by atoms with Crippen molar-refractivity contribution in [3.63, 3.8) is 0 Å². The number of rotatable bonds is 6. The molecule has 4 rings (SSSR count). The van der Waals surface area contributed by atoms with Gasteiger partial charge in [-0.1, -0.05) is 29.3 Å². The van der Waals surface area contributed by atoms with Crippen molar-refractivity contribution < 1.29 is 13.2 Å². The molecule has 33 heavy (non-hydrogen) atoms. The van der Waals surface area contributed by atoms with E-state index in [-0.39, 0.29) is 15.7 Å². The highest BCUT2D eigenvalue weighted by atomic mass is 35.5. The van der Waals surface area contributed by atoms with Crippen molar-refractivity contribution in [2.24, 2.45) is 0 Å². The lowest BCUT2D eigenvalue weighted by atomic mass is 10.2. The van der Waals surface area contributed by atoms with Crippen molar-refractivity contribution in [2.75, 3.05) is 22.4 Å². The molecule has 1 N–H and O–H groups in total. The number of halogens is 2. The van der Waals surface area contributed by atoms with Crippen LogP contribution in [0.2, 0.25) is 10.0 Å². The number of hydrogen-bond acceptors (Lipinski definition) is 5. The van der Waals surface area contributed by atoms with Crippen molar-refractivity contribution in [1.82, 2.24) is 4.98 Å². The van der Waals surface area contributed by atoms with Crippen LogP contribution in [0.25, 0.3) is 20.8 Å². The Morgan fingerprint density at radius 2 is 1.70 bits per heavy atom. The number of fused-ring (bicyclic) bond motifs is 1. The molecular weight excluding hydrogens is 501 g/mol. The molecule has 10 heteroatoms. The zero-order valence-electron chi connectivity index (χ0n) is 17.7. The molecule has 6 nitrogen and oxygen atoms in total. The molecule has 0 aliphatic rings. The summed E-state index contributed by atoms with van der Waals surface area (Å²) >= 11 is 13.6. The summed E-state index contributed by atoms with van der Waals surface area (Å²) in [5.74, 6) is -0.500. The number of carbonyl (C=O) groups excluding carboxylic acids is 1. The van der Waals surface area contributed by atoms with Gasteiger partial charge in [0.15, 0.2) is 0 Å². The molecule has 0 saturated heterocycles. The summed E-state index contributed by atoms with van der Waals surface area (Å²) in [5, 5.41) is 4.15.